The van der Waals surface area contributed by atoms with Gasteiger partial charge in [0.2, 0.25) is 0 Å². The molecule has 0 aliphatic rings. The Bertz CT molecular complexity index is 549. The van der Waals surface area contributed by atoms with Crippen LogP contribution in [0.1, 0.15) is 18.9 Å². The van der Waals surface area contributed by atoms with E-state index in [2.05, 4.69) is 0 Å². The first-order valence-electron chi connectivity index (χ1n) is 6.56. The van der Waals surface area contributed by atoms with E-state index in [1.54, 1.807) is 30.3 Å². The van der Waals surface area contributed by atoms with Crippen LogP contribution in [0.3, 0.4) is 0 Å². The molecule has 2 aromatic carbocycles. The first kappa shape index (κ1) is 14.5. The third-order valence-corrected chi connectivity index (χ3v) is 3.04. The quantitative estimate of drug-likeness (QED) is 0.895. The number of hydrogen-bond donors (Lipinski definition) is 1. The van der Waals surface area contributed by atoms with Crippen molar-refractivity contribution in [1.29, 1.82) is 0 Å². The van der Waals surface area contributed by atoms with Crippen LogP contribution in [0.4, 0.5) is 8.78 Å². The predicted molar refractivity (Wildman–Crippen MR) is 74.8 cm³/mol. The maximum absolute atomic E-state index is 13.9. The van der Waals surface area contributed by atoms with Crippen LogP contribution < -0.4 is 10.5 Å². The second-order valence-corrected chi connectivity index (χ2v) is 4.68. The smallest absolute Gasteiger partial charge is 0.198 e. The Morgan fingerprint density at radius 2 is 1.70 bits per heavy atom. The van der Waals surface area contributed by atoms with E-state index in [1.165, 1.54) is 12.1 Å². The first-order chi connectivity index (χ1) is 9.60. The van der Waals surface area contributed by atoms with Gasteiger partial charge in [-0.1, -0.05) is 25.1 Å². The van der Waals surface area contributed by atoms with Crippen LogP contribution in [-0.2, 0) is 6.42 Å². The van der Waals surface area contributed by atoms with Crippen molar-refractivity contribution in [3.63, 3.8) is 0 Å². The Balaban J connectivity index is 2.23. The normalized spacial score (nSPS) is 12.2. The Morgan fingerprint density at radius 3 is 2.25 bits per heavy atom. The summed E-state index contributed by atoms with van der Waals surface area (Å²) in [5.41, 5.74) is 6.33. The van der Waals surface area contributed by atoms with Gasteiger partial charge in [-0.2, -0.15) is 0 Å². The molecule has 2 nitrogen and oxygen atoms in total. The maximum Gasteiger partial charge on any atom is 0.198 e. The summed E-state index contributed by atoms with van der Waals surface area (Å²) in [6.07, 6.45) is 1.20. The van der Waals surface area contributed by atoms with Gasteiger partial charge in [0.15, 0.2) is 17.4 Å². The second-order valence-electron chi connectivity index (χ2n) is 4.68. The molecule has 0 aliphatic carbocycles. The standard InChI is InChI=1S/C16H17F2NO/c1-2-12(19)8-11-9-14(17)16(15(18)10-11)20-13-6-4-3-5-7-13/h3-7,9-10,12H,2,8,19H2,1H3. The van der Waals surface area contributed by atoms with Gasteiger partial charge >= 0.3 is 0 Å². The maximum atomic E-state index is 13.9. The average molecular weight is 277 g/mol. The van der Waals surface area contributed by atoms with E-state index in [-0.39, 0.29) is 11.8 Å². The summed E-state index contributed by atoms with van der Waals surface area (Å²) in [5, 5.41) is 0. The van der Waals surface area contributed by atoms with Crippen LogP contribution in [0.15, 0.2) is 42.5 Å². The minimum absolute atomic E-state index is 0.102. The predicted octanol–water partition coefficient (Wildman–Crippen LogP) is 4.04. The number of rotatable bonds is 5. The van der Waals surface area contributed by atoms with E-state index in [4.69, 9.17) is 10.5 Å². The summed E-state index contributed by atoms with van der Waals surface area (Å²) < 4.78 is 33.1. The fourth-order valence-electron chi connectivity index (χ4n) is 1.88. The number of benzene rings is 2. The van der Waals surface area contributed by atoms with Crippen molar-refractivity contribution in [3.8, 4) is 11.5 Å². The van der Waals surface area contributed by atoms with Gasteiger partial charge in [0.1, 0.15) is 5.75 Å². The fraction of sp³-hybridized carbons (Fsp3) is 0.250. The second kappa shape index (κ2) is 6.48. The molecular formula is C16H17F2NO. The van der Waals surface area contributed by atoms with E-state index >= 15 is 0 Å². The molecule has 0 aliphatic heterocycles. The average Bonchev–Trinajstić information content (AvgIpc) is 2.44. The molecule has 2 aromatic rings. The molecule has 0 saturated carbocycles. The zero-order valence-electron chi connectivity index (χ0n) is 11.3. The molecule has 0 heterocycles. The molecule has 1 atom stereocenters. The molecule has 0 spiro atoms. The molecule has 0 amide bonds. The lowest BCUT2D eigenvalue weighted by Gasteiger charge is -2.12. The van der Waals surface area contributed by atoms with E-state index in [1.807, 2.05) is 6.92 Å². The molecule has 0 radical (unpaired) electrons. The van der Waals surface area contributed by atoms with Crippen LogP contribution in [0.5, 0.6) is 11.5 Å². The molecule has 0 bridgehead atoms. The highest BCUT2D eigenvalue weighted by atomic mass is 19.1. The number of para-hydroxylation sites is 1. The molecule has 2 rings (SSSR count). The number of halogens is 2. The SMILES string of the molecule is CCC(N)Cc1cc(F)c(Oc2ccccc2)c(F)c1. The van der Waals surface area contributed by atoms with Crippen LogP contribution >= 0.6 is 0 Å². The summed E-state index contributed by atoms with van der Waals surface area (Å²) in [6.45, 7) is 1.93. The van der Waals surface area contributed by atoms with Crippen LogP contribution in [0, 0.1) is 11.6 Å². The zero-order chi connectivity index (χ0) is 14.5. The summed E-state index contributed by atoms with van der Waals surface area (Å²) in [5.74, 6) is -1.42. The summed E-state index contributed by atoms with van der Waals surface area (Å²) in [7, 11) is 0. The lowest BCUT2D eigenvalue weighted by Crippen LogP contribution is -2.21. The lowest BCUT2D eigenvalue weighted by molar-refractivity contribution is 0.406. The van der Waals surface area contributed by atoms with E-state index < -0.39 is 11.6 Å². The van der Waals surface area contributed by atoms with Gasteiger partial charge in [-0.3, -0.25) is 0 Å². The first-order valence-corrected chi connectivity index (χ1v) is 6.56. The van der Waals surface area contributed by atoms with Gasteiger partial charge in [0.25, 0.3) is 0 Å². The minimum atomic E-state index is -0.716. The van der Waals surface area contributed by atoms with Crippen molar-refractivity contribution in [2.24, 2.45) is 5.73 Å². The van der Waals surface area contributed by atoms with E-state index in [9.17, 15) is 8.78 Å². The Morgan fingerprint density at radius 1 is 1.10 bits per heavy atom. The van der Waals surface area contributed by atoms with Gasteiger partial charge in [-0.25, -0.2) is 8.78 Å². The summed E-state index contributed by atoms with van der Waals surface area (Å²) in [6, 6.07) is 11.0. The highest BCUT2D eigenvalue weighted by molar-refractivity contribution is 5.36. The van der Waals surface area contributed by atoms with Gasteiger partial charge in [-0.05, 0) is 42.7 Å². The number of hydrogen-bond acceptors (Lipinski definition) is 2. The molecule has 0 fully saturated rings. The van der Waals surface area contributed by atoms with Crippen LogP contribution in [-0.4, -0.2) is 6.04 Å². The Kier molecular flexibility index (Phi) is 4.69. The van der Waals surface area contributed by atoms with Gasteiger partial charge < -0.3 is 10.5 Å². The van der Waals surface area contributed by atoms with Crippen molar-refractivity contribution in [1.82, 2.24) is 0 Å². The van der Waals surface area contributed by atoms with E-state index in [0.717, 1.165) is 6.42 Å². The molecule has 20 heavy (non-hydrogen) atoms. The van der Waals surface area contributed by atoms with Gasteiger partial charge in [0, 0.05) is 6.04 Å². The minimum Gasteiger partial charge on any atom is -0.451 e. The molecule has 0 aromatic heterocycles. The molecule has 1 unspecified atom stereocenters. The highest BCUT2D eigenvalue weighted by Gasteiger charge is 2.14. The Hall–Kier alpha value is -1.94. The van der Waals surface area contributed by atoms with Crippen molar-refractivity contribution in [2.75, 3.05) is 0 Å². The fourth-order valence-corrected chi connectivity index (χ4v) is 1.88. The highest BCUT2D eigenvalue weighted by Crippen LogP contribution is 2.28. The van der Waals surface area contributed by atoms with Crippen LogP contribution in [0.2, 0.25) is 0 Å². The van der Waals surface area contributed by atoms with Gasteiger partial charge in [0.05, 0.1) is 0 Å². The van der Waals surface area contributed by atoms with Crippen molar-refractivity contribution in [3.05, 3.63) is 59.7 Å². The molecule has 0 saturated heterocycles. The third kappa shape index (κ3) is 3.54. The van der Waals surface area contributed by atoms with Gasteiger partial charge in [-0.15, -0.1) is 0 Å². The van der Waals surface area contributed by atoms with Crippen LogP contribution in [0.25, 0.3) is 0 Å². The van der Waals surface area contributed by atoms with E-state index in [0.29, 0.717) is 17.7 Å². The van der Waals surface area contributed by atoms with Crippen molar-refractivity contribution < 1.29 is 13.5 Å². The summed E-state index contributed by atoms with van der Waals surface area (Å²) >= 11 is 0. The molecular weight excluding hydrogens is 260 g/mol. The third-order valence-electron chi connectivity index (χ3n) is 3.04. The topological polar surface area (TPSA) is 35.2 Å². The monoisotopic (exact) mass is 277 g/mol. The zero-order valence-corrected chi connectivity index (χ0v) is 11.3. The van der Waals surface area contributed by atoms with Crippen molar-refractivity contribution in [2.45, 2.75) is 25.8 Å². The molecule has 4 heteroatoms. The molecule has 106 valence electrons. The lowest BCUT2D eigenvalue weighted by atomic mass is 10.0. The number of ether oxygens (including phenoxy) is 1. The Labute approximate surface area is 117 Å². The van der Waals surface area contributed by atoms with Crippen molar-refractivity contribution >= 4 is 0 Å². The summed E-state index contributed by atoms with van der Waals surface area (Å²) in [4.78, 5) is 0. The number of nitrogens with two attached hydrogens (primary N) is 1. The molecule has 2 N–H and O–H groups in total. The largest absolute Gasteiger partial charge is 0.451 e.